The zero-order valence-corrected chi connectivity index (χ0v) is 12.5. The van der Waals surface area contributed by atoms with Crippen molar-refractivity contribution >= 4 is 32.9 Å². The van der Waals surface area contributed by atoms with E-state index in [0.29, 0.717) is 12.1 Å². The number of nitrogens with zero attached hydrogens (tertiary/aromatic N) is 1. The normalized spacial score (nSPS) is 12.9. The van der Waals surface area contributed by atoms with E-state index in [1.807, 2.05) is 0 Å². The van der Waals surface area contributed by atoms with E-state index >= 15 is 0 Å². The molecule has 0 amide bonds. The van der Waals surface area contributed by atoms with Crippen LogP contribution >= 0.6 is 12.2 Å². The largest absolute Gasteiger partial charge is 0.508 e. The molecule has 106 valence electrons. The SMILES string of the molecule is CCC(C(N)=S)S(=O)(=O)N(CC)c1cccc(O)c1. The first-order valence-electron chi connectivity index (χ1n) is 5.94. The molecule has 0 aromatic heterocycles. The van der Waals surface area contributed by atoms with Gasteiger partial charge in [0.1, 0.15) is 11.0 Å². The zero-order chi connectivity index (χ0) is 14.6. The summed E-state index contributed by atoms with van der Waals surface area (Å²) in [6.45, 7) is 3.68. The van der Waals surface area contributed by atoms with E-state index in [-0.39, 0.29) is 17.3 Å². The summed E-state index contributed by atoms with van der Waals surface area (Å²) < 4.78 is 26.3. The standard InChI is InChI=1S/C12H18N2O3S2/c1-3-11(12(13)18)19(16,17)14(4-2)9-6-5-7-10(15)8-9/h5-8,11,15H,3-4H2,1-2H3,(H2,13,18). The molecule has 1 rings (SSSR count). The van der Waals surface area contributed by atoms with Crippen LogP contribution in [0.25, 0.3) is 0 Å². The summed E-state index contributed by atoms with van der Waals surface area (Å²) >= 11 is 4.83. The van der Waals surface area contributed by atoms with Gasteiger partial charge in [0.2, 0.25) is 10.0 Å². The van der Waals surface area contributed by atoms with Crippen LogP contribution in [0.15, 0.2) is 24.3 Å². The molecule has 0 radical (unpaired) electrons. The van der Waals surface area contributed by atoms with Gasteiger partial charge in [-0.25, -0.2) is 8.42 Å². The lowest BCUT2D eigenvalue weighted by Gasteiger charge is -2.27. The smallest absolute Gasteiger partial charge is 0.244 e. The molecule has 1 aromatic rings. The van der Waals surface area contributed by atoms with Crippen LogP contribution in [0.2, 0.25) is 0 Å². The fourth-order valence-electron chi connectivity index (χ4n) is 1.87. The highest BCUT2D eigenvalue weighted by molar-refractivity contribution is 7.95. The summed E-state index contributed by atoms with van der Waals surface area (Å²) in [4.78, 5) is -0.0406. The number of aromatic hydroxyl groups is 1. The Kier molecular flexibility index (Phi) is 5.13. The Bertz CT molecular complexity index is 558. The lowest BCUT2D eigenvalue weighted by Crippen LogP contribution is -2.44. The van der Waals surface area contributed by atoms with Crippen molar-refractivity contribution in [1.82, 2.24) is 0 Å². The van der Waals surface area contributed by atoms with Gasteiger partial charge in [-0.1, -0.05) is 25.2 Å². The predicted molar refractivity (Wildman–Crippen MR) is 80.9 cm³/mol. The Labute approximate surface area is 119 Å². The second kappa shape index (κ2) is 6.21. The van der Waals surface area contributed by atoms with Crippen LogP contribution < -0.4 is 10.0 Å². The number of sulfonamides is 1. The monoisotopic (exact) mass is 302 g/mol. The molecule has 1 aromatic carbocycles. The van der Waals surface area contributed by atoms with Gasteiger partial charge in [0.15, 0.2) is 0 Å². The number of nitrogens with two attached hydrogens (primary N) is 1. The molecule has 0 aliphatic carbocycles. The molecule has 0 aliphatic heterocycles. The third kappa shape index (κ3) is 3.36. The van der Waals surface area contributed by atoms with Gasteiger partial charge in [-0.2, -0.15) is 0 Å². The molecule has 0 saturated heterocycles. The van der Waals surface area contributed by atoms with Crippen molar-refractivity contribution in [3.63, 3.8) is 0 Å². The first-order valence-corrected chi connectivity index (χ1v) is 7.85. The fourth-order valence-corrected chi connectivity index (χ4v) is 4.19. The van der Waals surface area contributed by atoms with Gasteiger partial charge in [-0.3, -0.25) is 4.31 Å². The number of hydrogen-bond donors (Lipinski definition) is 2. The second-order valence-electron chi connectivity index (χ2n) is 4.03. The van der Waals surface area contributed by atoms with Crippen molar-refractivity contribution in [2.75, 3.05) is 10.8 Å². The minimum atomic E-state index is -3.68. The highest BCUT2D eigenvalue weighted by Crippen LogP contribution is 2.25. The van der Waals surface area contributed by atoms with E-state index in [4.69, 9.17) is 18.0 Å². The Morgan fingerprint density at radius 1 is 1.47 bits per heavy atom. The Balaban J connectivity index is 3.26. The van der Waals surface area contributed by atoms with E-state index in [1.54, 1.807) is 26.0 Å². The van der Waals surface area contributed by atoms with Crippen LogP contribution in [0.4, 0.5) is 5.69 Å². The molecule has 0 aliphatic rings. The summed E-state index contributed by atoms with van der Waals surface area (Å²) in [6, 6.07) is 6.08. The summed E-state index contributed by atoms with van der Waals surface area (Å²) in [5.41, 5.74) is 5.91. The average molecular weight is 302 g/mol. The molecule has 0 saturated carbocycles. The molecular weight excluding hydrogens is 284 g/mol. The maximum atomic E-state index is 12.5. The Morgan fingerprint density at radius 2 is 2.11 bits per heavy atom. The lowest BCUT2D eigenvalue weighted by molar-refractivity contribution is 0.475. The van der Waals surface area contributed by atoms with Gasteiger partial charge in [0.05, 0.1) is 10.7 Å². The molecule has 0 bridgehead atoms. The Morgan fingerprint density at radius 3 is 2.53 bits per heavy atom. The van der Waals surface area contributed by atoms with E-state index in [1.165, 1.54) is 16.4 Å². The van der Waals surface area contributed by atoms with Gasteiger partial charge >= 0.3 is 0 Å². The number of phenolic OH excluding ortho intramolecular Hbond substituents is 1. The van der Waals surface area contributed by atoms with Crippen LogP contribution in [0.1, 0.15) is 20.3 Å². The van der Waals surface area contributed by atoms with Crippen molar-refractivity contribution in [2.45, 2.75) is 25.5 Å². The van der Waals surface area contributed by atoms with Gasteiger partial charge in [-0.15, -0.1) is 0 Å². The lowest BCUT2D eigenvalue weighted by atomic mass is 10.3. The average Bonchev–Trinajstić information content (AvgIpc) is 2.29. The molecule has 1 unspecified atom stereocenters. The minimum Gasteiger partial charge on any atom is -0.508 e. The zero-order valence-electron chi connectivity index (χ0n) is 10.9. The number of rotatable bonds is 6. The highest BCUT2D eigenvalue weighted by Gasteiger charge is 2.32. The first-order chi connectivity index (χ1) is 8.84. The molecular formula is C12H18N2O3S2. The molecule has 5 nitrogen and oxygen atoms in total. The predicted octanol–water partition coefficient (Wildman–Crippen LogP) is 1.61. The first kappa shape index (κ1) is 15.7. The van der Waals surface area contributed by atoms with Gasteiger partial charge < -0.3 is 10.8 Å². The second-order valence-corrected chi connectivity index (χ2v) is 6.54. The topological polar surface area (TPSA) is 83.6 Å². The summed E-state index contributed by atoms with van der Waals surface area (Å²) in [5, 5.41) is 8.56. The summed E-state index contributed by atoms with van der Waals surface area (Å²) in [5.74, 6) is 0.00882. The van der Waals surface area contributed by atoms with Crippen molar-refractivity contribution in [3.8, 4) is 5.75 Å². The van der Waals surface area contributed by atoms with Crippen LogP contribution in [-0.4, -0.2) is 30.3 Å². The van der Waals surface area contributed by atoms with E-state index in [0.717, 1.165) is 0 Å². The number of phenols is 1. The number of hydrogen-bond acceptors (Lipinski definition) is 4. The summed E-state index contributed by atoms with van der Waals surface area (Å²) in [6.07, 6.45) is 0.312. The van der Waals surface area contributed by atoms with Gasteiger partial charge in [-0.05, 0) is 25.5 Å². The van der Waals surface area contributed by atoms with Crippen LogP contribution in [-0.2, 0) is 10.0 Å². The summed E-state index contributed by atoms with van der Waals surface area (Å²) in [7, 11) is -3.68. The quantitative estimate of drug-likeness (QED) is 0.780. The van der Waals surface area contributed by atoms with Gasteiger partial charge in [0, 0.05) is 12.6 Å². The third-order valence-corrected chi connectivity index (χ3v) is 5.58. The minimum absolute atomic E-state index is 0.00882. The molecule has 7 heteroatoms. The van der Waals surface area contributed by atoms with E-state index in [2.05, 4.69) is 0 Å². The molecule has 0 spiro atoms. The van der Waals surface area contributed by atoms with Crippen LogP contribution in [0, 0.1) is 0 Å². The molecule has 0 heterocycles. The molecule has 0 fully saturated rings. The number of benzene rings is 1. The maximum Gasteiger partial charge on any atom is 0.244 e. The molecule has 3 N–H and O–H groups in total. The van der Waals surface area contributed by atoms with E-state index < -0.39 is 15.3 Å². The van der Waals surface area contributed by atoms with Gasteiger partial charge in [0.25, 0.3) is 0 Å². The van der Waals surface area contributed by atoms with Crippen LogP contribution in [0.3, 0.4) is 0 Å². The molecule has 1 atom stereocenters. The van der Waals surface area contributed by atoms with Crippen molar-refractivity contribution in [2.24, 2.45) is 5.73 Å². The van der Waals surface area contributed by atoms with Crippen molar-refractivity contribution in [3.05, 3.63) is 24.3 Å². The molecule has 19 heavy (non-hydrogen) atoms. The third-order valence-electron chi connectivity index (χ3n) is 2.76. The van der Waals surface area contributed by atoms with E-state index in [9.17, 15) is 13.5 Å². The fraction of sp³-hybridized carbons (Fsp3) is 0.417. The number of anilines is 1. The van der Waals surface area contributed by atoms with Crippen molar-refractivity contribution in [1.29, 1.82) is 0 Å². The Hall–Kier alpha value is -1.34. The van der Waals surface area contributed by atoms with Crippen molar-refractivity contribution < 1.29 is 13.5 Å². The maximum absolute atomic E-state index is 12.5. The highest BCUT2D eigenvalue weighted by atomic mass is 32.2. The van der Waals surface area contributed by atoms with Crippen LogP contribution in [0.5, 0.6) is 5.75 Å². The number of thiocarbonyl (C=S) groups is 1.